The lowest BCUT2D eigenvalue weighted by atomic mass is 10.2. The van der Waals surface area contributed by atoms with Gasteiger partial charge in [-0.3, -0.25) is 4.79 Å². The highest BCUT2D eigenvalue weighted by atomic mass is 35.5. The van der Waals surface area contributed by atoms with Gasteiger partial charge in [0.1, 0.15) is 17.9 Å². The molecule has 0 spiro atoms. The summed E-state index contributed by atoms with van der Waals surface area (Å²) in [6.45, 7) is 9.41. The Kier molecular flexibility index (Phi) is 8.31. The van der Waals surface area contributed by atoms with Crippen molar-refractivity contribution in [3.8, 4) is 5.75 Å². The maximum absolute atomic E-state index is 12.7. The fraction of sp³-hybridized carbons (Fsp3) is 0.208. The highest BCUT2D eigenvalue weighted by molar-refractivity contribution is 7.70. The van der Waals surface area contributed by atoms with Crippen LogP contribution in [0.25, 0.3) is 0 Å². The maximum Gasteiger partial charge on any atom is 0.247 e. The molecule has 3 N–H and O–H groups in total. The van der Waals surface area contributed by atoms with Crippen LogP contribution in [-0.2, 0) is 9.36 Å². The third kappa shape index (κ3) is 6.59. The van der Waals surface area contributed by atoms with Crippen LogP contribution in [0, 0.1) is 0 Å². The number of para-hydroxylation sites is 1. The lowest BCUT2D eigenvalue weighted by Gasteiger charge is -2.17. The normalized spacial score (nSPS) is 10.9. The molecule has 8 nitrogen and oxygen atoms in total. The van der Waals surface area contributed by atoms with Gasteiger partial charge in [0, 0.05) is 11.0 Å². The molecule has 3 aromatic rings. The van der Waals surface area contributed by atoms with Gasteiger partial charge < -0.3 is 25.3 Å². The van der Waals surface area contributed by atoms with Crippen LogP contribution in [0.2, 0.25) is 5.02 Å². The molecule has 0 aliphatic carbocycles. The number of rotatable bonds is 10. The molecule has 34 heavy (non-hydrogen) atoms. The van der Waals surface area contributed by atoms with Gasteiger partial charge in [-0.1, -0.05) is 37.2 Å². The van der Waals surface area contributed by atoms with Gasteiger partial charge in [-0.15, -0.1) is 0 Å². The van der Waals surface area contributed by atoms with Gasteiger partial charge in [0.25, 0.3) is 0 Å². The van der Waals surface area contributed by atoms with Crippen molar-refractivity contribution >= 4 is 58.8 Å². The SMILES string of the molecule is C=CC(=O)Nc1ccc(OCCC)c(Nc2ncc(Cl)c(Nc3ccccc3P(C)(C)=O)n2)c1. The van der Waals surface area contributed by atoms with Gasteiger partial charge in [0.15, 0.2) is 5.82 Å². The smallest absolute Gasteiger partial charge is 0.247 e. The van der Waals surface area contributed by atoms with E-state index >= 15 is 0 Å². The van der Waals surface area contributed by atoms with E-state index in [1.807, 2.05) is 31.2 Å². The minimum absolute atomic E-state index is 0.258. The van der Waals surface area contributed by atoms with Gasteiger partial charge in [0.05, 0.1) is 24.2 Å². The van der Waals surface area contributed by atoms with E-state index in [0.717, 1.165) is 6.42 Å². The number of nitrogens with one attached hydrogen (secondary N) is 3. The maximum atomic E-state index is 12.7. The molecule has 0 aliphatic heterocycles. The Labute approximate surface area is 204 Å². The first-order valence-corrected chi connectivity index (χ1v) is 13.6. The molecule has 1 amide bonds. The topological polar surface area (TPSA) is 105 Å². The summed E-state index contributed by atoms with van der Waals surface area (Å²) in [6, 6.07) is 12.5. The van der Waals surface area contributed by atoms with Gasteiger partial charge >= 0.3 is 0 Å². The number of hydrogen-bond donors (Lipinski definition) is 3. The van der Waals surface area contributed by atoms with Crippen molar-refractivity contribution in [1.82, 2.24) is 9.97 Å². The van der Waals surface area contributed by atoms with Crippen LogP contribution in [0.4, 0.5) is 28.8 Å². The lowest BCUT2D eigenvalue weighted by molar-refractivity contribution is -0.111. The van der Waals surface area contributed by atoms with E-state index in [-0.39, 0.29) is 11.9 Å². The minimum atomic E-state index is -2.53. The van der Waals surface area contributed by atoms with E-state index in [2.05, 4.69) is 32.5 Å². The van der Waals surface area contributed by atoms with Crippen LogP contribution in [0.5, 0.6) is 5.75 Å². The molecular weight excluding hydrogens is 473 g/mol. The number of carbonyl (C=O) groups excluding carboxylic acids is 1. The van der Waals surface area contributed by atoms with Gasteiger partial charge in [-0.25, -0.2) is 4.98 Å². The fourth-order valence-electron chi connectivity index (χ4n) is 3.05. The summed E-state index contributed by atoms with van der Waals surface area (Å²) < 4.78 is 18.5. The van der Waals surface area contributed by atoms with Crippen LogP contribution in [0.15, 0.2) is 61.3 Å². The largest absolute Gasteiger partial charge is 0.491 e. The van der Waals surface area contributed by atoms with Crippen molar-refractivity contribution < 1.29 is 14.1 Å². The number of benzene rings is 2. The van der Waals surface area contributed by atoms with Gasteiger partial charge in [-0.2, -0.15) is 4.98 Å². The Morgan fingerprint density at radius 2 is 1.94 bits per heavy atom. The summed E-state index contributed by atoms with van der Waals surface area (Å²) in [4.78, 5) is 20.5. The molecule has 10 heteroatoms. The van der Waals surface area contributed by atoms with E-state index in [0.29, 0.717) is 45.6 Å². The number of ether oxygens (including phenoxy) is 1. The molecule has 3 rings (SSSR count). The Balaban J connectivity index is 1.93. The van der Waals surface area contributed by atoms with E-state index in [4.69, 9.17) is 16.3 Å². The van der Waals surface area contributed by atoms with Crippen molar-refractivity contribution in [2.75, 3.05) is 35.9 Å². The van der Waals surface area contributed by atoms with E-state index < -0.39 is 7.14 Å². The zero-order chi connectivity index (χ0) is 24.7. The Morgan fingerprint density at radius 1 is 1.18 bits per heavy atom. The average Bonchev–Trinajstić information content (AvgIpc) is 2.80. The zero-order valence-electron chi connectivity index (χ0n) is 19.3. The van der Waals surface area contributed by atoms with Gasteiger partial charge in [-0.05, 0) is 56.2 Å². The lowest BCUT2D eigenvalue weighted by Crippen LogP contribution is -2.11. The Hall–Kier alpha value is -3.35. The quantitative estimate of drug-likeness (QED) is 0.240. The number of nitrogens with zero attached hydrogens (tertiary/aromatic N) is 2. The monoisotopic (exact) mass is 499 g/mol. The molecule has 0 fully saturated rings. The number of carbonyl (C=O) groups is 1. The number of anilines is 5. The molecule has 0 bridgehead atoms. The Morgan fingerprint density at radius 3 is 2.65 bits per heavy atom. The second kappa shape index (κ2) is 11.2. The first-order chi connectivity index (χ1) is 16.2. The summed E-state index contributed by atoms with van der Waals surface area (Å²) in [5.74, 6) is 0.862. The fourth-order valence-corrected chi connectivity index (χ4v) is 4.34. The minimum Gasteiger partial charge on any atom is -0.491 e. The summed E-state index contributed by atoms with van der Waals surface area (Å²) in [5, 5.41) is 10.0. The second-order valence-electron chi connectivity index (χ2n) is 7.76. The van der Waals surface area contributed by atoms with Crippen molar-refractivity contribution in [3.05, 3.63) is 66.3 Å². The third-order valence-corrected chi connectivity index (χ3v) is 6.45. The number of amides is 1. The van der Waals surface area contributed by atoms with Crippen molar-refractivity contribution in [2.45, 2.75) is 13.3 Å². The average molecular weight is 500 g/mol. The first kappa shape index (κ1) is 25.3. The highest BCUT2D eigenvalue weighted by Gasteiger charge is 2.17. The predicted molar refractivity (Wildman–Crippen MR) is 140 cm³/mol. The number of aromatic nitrogens is 2. The predicted octanol–water partition coefficient (Wildman–Crippen LogP) is 5.78. The number of hydrogen-bond acceptors (Lipinski definition) is 7. The zero-order valence-corrected chi connectivity index (χ0v) is 20.9. The summed E-state index contributed by atoms with van der Waals surface area (Å²) in [6.07, 6.45) is 3.49. The van der Waals surface area contributed by atoms with Crippen LogP contribution in [0.3, 0.4) is 0 Å². The van der Waals surface area contributed by atoms with E-state index in [1.54, 1.807) is 31.5 Å². The molecule has 1 heterocycles. The molecule has 0 saturated carbocycles. The second-order valence-corrected chi connectivity index (χ2v) is 11.4. The molecular formula is C24H27ClN5O3P. The van der Waals surface area contributed by atoms with Crippen LogP contribution in [0.1, 0.15) is 13.3 Å². The summed E-state index contributed by atoms with van der Waals surface area (Å²) >= 11 is 6.35. The molecule has 0 unspecified atom stereocenters. The van der Waals surface area contributed by atoms with E-state index in [9.17, 15) is 9.36 Å². The first-order valence-electron chi connectivity index (χ1n) is 10.6. The third-order valence-electron chi connectivity index (χ3n) is 4.62. The number of halogens is 1. The highest BCUT2D eigenvalue weighted by Crippen LogP contribution is 2.39. The molecule has 2 aromatic carbocycles. The van der Waals surface area contributed by atoms with Gasteiger partial charge in [0.2, 0.25) is 11.9 Å². The van der Waals surface area contributed by atoms with Crippen LogP contribution >= 0.6 is 18.7 Å². The molecule has 0 radical (unpaired) electrons. The Bertz CT molecular complexity index is 1250. The standard InChI is InChI=1S/C24H27ClN5O3P/c1-5-13-33-20-12-11-16(27-22(31)6-2)14-19(20)29-24-26-15-17(25)23(30-24)28-18-9-7-8-10-21(18)34(3,4)32/h6-12,14-15H,2,5,13H2,1,3-4H3,(H,27,31)(H2,26,28,29,30). The molecule has 178 valence electrons. The van der Waals surface area contributed by atoms with Crippen molar-refractivity contribution in [3.63, 3.8) is 0 Å². The molecule has 0 atom stereocenters. The van der Waals surface area contributed by atoms with Crippen molar-refractivity contribution in [1.29, 1.82) is 0 Å². The van der Waals surface area contributed by atoms with Crippen LogP contribution in [-0.4, -0.2) is 35.8 Å². The van der Waals surface area contributed by atoms with E-state index in [1.165, 1.54) is 12.3 Å². The van der Waals surface area contributed by atoms with Crippen LogP contribution < -0.4 is 26.0 Å². The van der Waals surface area contributed by atoms with Crippen molar-refractivity contribution in [2.24, 2.45) is 0 Å². The summed E-state index contributed by atoms with van der Waals surface area (Å²) in [7, 11) is -2.53. The summed E-state index contributed by atoms with van der Waals surface area (Å²) in [5.41, 5.74) is 1.78. The molecule has 0 aliphatic rings. The molecule has 1 aromatic heterocycles. The molecule has 0 saturated heterocycles.